The van der Waals surface area contributed by atoms with Crippen molar-refractivity contribution < 1.29 is 4.42 Å². The molecule has 0 saturated heterocycles. The lowest BCUT2D eigenvalue weighted by atomic mass is 10.0. The van der Waals surface area contributed by atoms with Crippen molar-refractivity contribution in [3.63, 3.8) is 0 Å². The summed E-state index contributed by atoms with van der Waals surface area (Å²) in [5, 5.41) is 10.2. The SMILES string of the molecule is c1ccc(-n2c3ccc4oc5ccccc5c4c3c3ccc4c5ccccc5n(-c5nc(-c6ccc7ccccc7c6)c6ccccc6n5)c4c32)cc1. The fourth-order valence-electron chi connectivity index (χ4n) is 8.63. The summed E-state index contributed by atoms with van der Waals surface area (Å²) in [7, 11) is 0. The van der Waals surface area contributed by atoms with Crippen LogP contribution in [0.1, 0.15) is 0 Å². The summed E-state index contributed by atoms with van der Waals surface area (Å²) < 4.78 is 11.1. The third-order valence-corrected chi connectivity index (χ3v) is 10.9. The first-order valence-corrected chi connectivity index (χ1v) is 17.9. The molecule has 0 radical (unpaired) electrons. The summed E-state index contributed by atoms with van der Waals surface area (Å²) in [4.78, 5) is 10.8. The molecule has 12 rings (SSSR count). The first kappa shape index (κ1) is 28.5. The van der Waals surface area contributed by atoms with Crippen LogP contribution in [0.3, 0.4) is 0 Å². The average molecular weight is 677 g/mol. The largest absolute Gasteiger partial charge is 0.456 e. The zero-order chi connectivity index (χ0) is 34.6. The number of hydrogen-bond donors (Lipinski definition) is 0. The Morgan fingerprint density at radius 2 is 1.13 bits per heavy atom. The van der Waals surface area contributed by atoms with Crippen LogP contribution in [0.2, 0.25) is 0 Å². The van der Waals surface area contributed by atoms with Crippen molar-refractivity contribution in [2.24, 2.45) is 0 Å². The minimum atomic E-state index is 0.634. The second kappa shape index (κ2) is 10.6. The monoisotopic (exact) mass is 676 g/mol. The fourth-order valence-corrected chi connectivity index (χ4v) is 8.63. The number of hydrogen-bond acceptors (Lipinski definition) is 3. The predicted octanol–water partition coefficient (Wildman–Crippen LogP) is 12.5. The topological polar surface area (TPSA) is 48.8 Å². The molecule has 4 aromatic heterocycles. The van der Waals surface area contributed by atoms with Crippen LogP contribution in [0.5, 0.6) is 0 Å². The molecule has 0 bridgehead atoms. The quantitative estimate of drug-likeness (QED) is 0.187. The van der Waals surface area contributed by atoms with E-state index in [2.05, 4.69) is 173 Å². The van der Waals surface area contributed by atoms with E-state index in [4.69, 9.17) is 14.4 Å². The molecule has 5 heteroatoms. The second-order valence-electron chi connectivity index (χ2n) is 13.8. The summed E-state index contributed by atoms with van der Waals surface area (Å²) in [5.74, 6) is 0.634. The van der Waals surface area contributed by atoms with Gasteiger partial charge in [-0.25, -0.2) is 9.97 Å². The highest BCUT2D eigenvalue weighted by Gasteiger charge is 2.25. The van der Waals surface area contributed by atoms with Crippen LogP contribution in [0.25, 0.3) is 110 Å². The van der Waals surface area contributed by atoms with E-state index < -0.39 is 0 Å². The fraction of sp³-hybridized carbons (Fsp3) is 0. The Kier molecular flexibility index (Phi) is 5.71. The number of aromatic nitrogens is 4. The van der Waals surface area contributed by atoms with E-state index >= 15 is 0 Å². The van der Waals surface area contributed by atoms with Crippen LogP contribution in [0.4, 0.5) is 0 Å². The zero-order valence-corrected chi connectivity index (χ0v) is 28.4. The second-order valence-corrected chi connectivity index (χ2v) is 13.8. The van der Waals surface area contributed by atoms with E-state index in [9.17, 15) is 0 Å². The Morgan fingerprint density at radius 1 is 0.415 bits per heavy atom. The minimum absolute atomic E-state index is 0.634. The molecule has 0 fully saturated rings. The summed E-state index contributed by atoms with van der Waals surface area (Å²) in [6.45, 7) is 0. The van der Waals surface area contributed by atoms with Gasteiger partial charge in [0, 0.05) is 49.0 Å². The van der Waals surface area contributed by atoms with Gasteiger partial charge in [-0.2, -0.15) is 0 Å². The molecule has 0 unspecified atom stereocenters. The third-order valence-electron chi connectivity index (χ3n) is 10.9. The molecule has 246 valence electrons. The van der Waals surface area contributed by atoms with Crippen LogP contribution in [0.15, 0.2) is 174 Å². The van der Waals surface area contributed by atoms with Crippen LogP contribution in [-0.2, 0) is 0 Å². The molecule has 8 aromatic carbocycles. The van der Waals surface area contributed by atoms with Gasteiger partial charge in [0.25, 0.3) is 0 Å². The number of furan rings is 1. The molecule has 0 saturated carbocycles. The molecule has 4 heterocycles. The minimum Gasteiger partial charge on any atom is -0.456 e. The smallest absolute Gasteiger partial charge is 0.235 e. The Morgan fingerprint density at radius 3 is 2.04 bits per heavy atom. The first-order valence-electron chi connectivity index (χ1n) is 17.9. The molecule has 0 spiro atoms. The van der Waals surface area contributed by atoms with Crippen molar-refractivity contribution in [3.8, 4) is 22.9 Å². The molecule has 0 N–H and O–H groups in total. The Balaban J connectivity index is 1.28. The number of nitrogens with zero attached hydrogens (tertiary/aromatic N) is 4. The maximum Gasteiger partial charge on any atom is 0.235 e. The standard InChI is InChI=1S/C48H28N4O/c1-2-14-32(15-3-1)51-40-26-27-42-44(36-18-8-11-21-41(36)53-42)43(40)37-25-24-34-33-16-7-10-20-39(33)52(46(34)47(37)51)48-49-38-19-9-6-17-35(38)45(50-48)31-23-22-29-12-4-5-13-30(29)28-31/h1-28H. The molecular weight excluding hydrogens is 649 g/mol. The molecule has 53 heavy (non-hydrogen) atoms. The first-order chi connectivity index (χ1) is 26.3. The number of rotatable bonds is 3. The highest BCUT2D eigenvalue weighted by atomic mass is 16.3. The van der Waals surface area contributed by atoms with Crippen LogP contribution < -0.4 is 0 Å². The third kappa shape index (κ3) is 3.96. The highest BCUT2D eigenvalue weighted by Crippen LogP contribution is 2.45. The van der Waals surface area contributed by atoms with Crippen molar-refractivity contribution in [2.75, 3.05) is 0 Å². The molecule has 12 aromatic rings. The van der Waals surface area contributed by atoms with E-state index in [1.807, 2.05) is 6.07 Å². The average Bonchev–Trinajstić information content (AvgIpc) is 3.88. The van der Waals surface area contributed by atoms with E-state index in [-0.39, 0.29) is 0 Å². The van der Waals surface area contributed by atoms with Gasteiger partial charge < -0.3 is 8.98 Å². The Bertz CT molecular complexity index is 3460. The maximum atomic E-state index is 6.44. The normalized spacial score (nSPS) is 12.2. The highest BCUT2D eigenvalue weighted by molar-refractivity contribution is 6.31. The van der Waals surface area contributed by atoms with Gasteiger partial charge in [-0.15, -0.1) is 0 Å². The van der Waals surface area contributed by atoms with Gasteiger partial charge in [0.1, 0.15) is 11.2 Å². The van der Waals surface area contributed by atoms with Gasteiger partial charge in [-0.05, 0) is 59.3 Å². The van der Waals surface area contributed by atoms with Gasteiger partial charge in [-0.1, -0.05) is 121 Å². The number of benzene rings is 8. The van der Waals surface area contributed by atoms with Crippen molar-refractivity contribution in [1.29, 1.82) is 0 Å². The Labute approximate surface area is 302 Å². The lowest BCUT2D eigenvalue weighted by Gasteiger charge is -2.14. The van der Waals surface area contributed by atoms with Crippen molar-refractivity contribution in [3.05, 3.63) is 170 Å². The van der Waals surface area contributed by atoms with Crippen LogP contribution in [-0.4, -0.2) is 19.1 Å². The van der Waals surface area contributed by atoms with E-state index in [0.29, 0.717) is 5.95 Å². The van der Waals surface area contributed by atoms with E-state index in [1.54, 1.807) is 0 Å². The molecule has 0 aliphatic heterocycles. The molecule has 5 nitrogen and oxygen atoms in total. The summed E-state index contributed by atoms with van der Waals surface area (Å²) in [5.41, 5.74) is 10.0. The van der Waals surface area contributed by atoms with Gasteiger partial charge in [0.15, 0.2) is 0 Å². The summed E-state index contributed by atoms with van der Waals surface area (Å²) >= 11 is 0. The van der Waals surface area contributed by atoms with Gasteiger partial charge >= 0.3 is 0 Å². The molecular formula is C48H28N4O. The summed E-state index contributed by atoms with van der Waals surface area (Å²) in [6, 6.07) is 59.9. The summed E-state index contributed by atoms with van der Waals surface area (Å²) in [6.07, 6.45) is 0. The van der Waals surface area contributed by atoms with Crippen molar-refractivity contribution in [2.45, 2.75) is 0 Å². The lowest BCUT2D eigenvalue weighted by molar-refractivity contribution is 0.669. The molecule has 0 aliphatic carbocycles. The number of para-hydroxylation sites is 4. The van der Waals surface area contributed by atoms with Crippen molar-refractivity contribution >= 4 is 87.2 Å². The lowest BCUT2D eigenvalue weighted by Crippen LogP contribution is -2.04. The predicted molar refractivity (Wildman–Crippen MR) is 218 cm³/mol. The molecule has 0 atom stereocenters. The maximum absolute atomic E-state index is 6.44. The van der Waals surface area contributed by atoms with Gasteiger partial charge in [0.2, 0.25) is 5.95 Å². The van der Waals surface area contributed by atoms with Gasteiger partial charge in [0.05, 0.1) is 33.3 Å². The van der Waals surface area contributed by atoms with E-state index in [1.165, 1.54) is 16.2 Å². The number of fused-ring (bicyclic) bond motifs is 13. The van der Waals surface area contributed by atoms with Crippen LogP contribution in [0, 0.1) is 0 Å². The Hall–Kier alpha value is -7.24. The molecule has 0 amide bonds. The van der Waals surface area contributed by atoms with Gasteiger partial charge in [-0.3, -0.25) is 4.57 Å². The van der Waals surface area contributed by atoms with Crippen LogP contribution >= 0.6 is 0 Å². The molecule has 0 aliphatic rings. The zero-order valence-electron chi connectivity index (χ0n) is 28.4. The van der Waals surface area contributed by atoms with E-state index in [0.717, 1.165) is 88.0 Å². The van der Waals surface area contributed by atoms with Crippen molar-refractivity contribution in [1.82, 2.24) is 19.1 Å².